The number of carbonyl (C=O) groups is 3. The van der Waals surface area contributed by atoms with Gasteiger partial charge in [-0.25, -0.2) is 0 Å². The Morgan fingerprint density at radius 3 is 2.44 bits per heavy atom. The summed E-state index contributed by atoms with van der Waals surface area (Å²) < 4.78 is 0. The van der Waals surface area contributed by atoms with E-state index in [1.54, 1.807) is 6.92 Å². The van der Waals surface area contributed by atoms with Crippen LogP contribution in [0.25, 0.3) is 0 Å². The standard InChI is InChI=1S/C21H19N3O3/c1-2-23(13-11-22)19(25)16-8-9-17-18(14-16)21(27)24(20(17)26)12-10-15-6-4-3-5-7-15/h3-9,14H,2,10,12-13H2,1H3. The lowest BCUT2D eigenvalue weighted by Gasteiger charge is -2.17. The highest BCUT2D eigenvalue weighted by Crippen LogP contribution is 2.25. The predicted octanol–water partition coefficient (Wildman–Crippen LogP) is 2.51. The summed E-state index contributed by atoms with van der Waals surface area (Å²) in [5, 5.41) is 8.83. The summed E-state index contributed by atoms with van der Waals surface area (Å²) in [6.45, 7) is 2.43. The first-order chi connectivity index (χ1) is 13.1. The van der Waals surface area contributed by atoms with Crippen molar-refractivity contribution in [2.75, 3.05) is 19.6 Å². The molecule has 2 aromatic rings. The van der Waals surface area contributed by atoms with Crippen molar-refractivity contribution < 1.29 is 14.4 Å². The highest BCUT2D eigenvalue weighted by molar-refractivity contribution is 6.22. The number of rotatable bonds is 6. The normalized spacial score (nSPS) is 12.7. The van der Waals surface area contributed by atoms with Crippen LogP contribution in [0.4, 0.5) is 0 Å². The van der Waals surface area contributed by atoms with E-state index in [1.807, 2.05) is 36.4 Å². The molecule has 136 valence electrons. The van der Waals surface area contributed by atoms with Crippen LogP contribution in [0, 0.1) is 11.3 Å². The van der Waals surface area contributed by atoms with Crippen LogP contribution >= 0.6 is 0 Å². The van der Waals surface area contributed by atoms with Crippen molar-refractivity contribution in [1.82, 2.24) is 9.80 Å². The fourth-order valence-electron chi connectivity index (χ4n) is 3.11. The molecule has 0 fully saturated rings. The van der Waals surface area contributed by atoms with E-state index in [0.29, 0.717) is 24.1 Å². The van der Waals surface area contributed by atoms with E-state index < -0.39 is 0 Å². The molecule has 27 heavy (non-hydrogen) atoms. The van der Waals surface area contributed by atoms with Gasteiger partial charge in [-0.15, -0.1) is 0 Å². The first kappa shape index (κ1) is 18.3. The molecule has 1 heterocycles. The summed E-state index contributed by atoms with van der Waals surface area (Å²) in [4.78, 5) is 40.4. The number of carbonyl (C=O) groups excluding carboxylic acids is 3. The molecule has 0 unspecified atom stereocenters. The lowest BCUT2D eigenvalue weighted by Crippen LogP contribution is -2.32. The molecule has 0 atom stereocenters. The van der Waals surface area contributed by atoms with Gasteiger partial charge in [0.1, 0.15) is 6.54 Å². The number of benzene rings is 2. The van der Waals surface area contributed by atoms with Gasteiger partial charge in [0.05, 0.1) is 17.2 Å². The zero-order valence-electron chi connectivity index (χ0n) is 15.0. The molecule has 6 nitrogen and oxygen atoms in total. The number of hydrogen-bond acceptors (Lipinski definition) is 4. The largest absolute Gasteiger partial charge is 0.326 e. The summed E-state index contributed by atoms with van der Waals surface area (Å²) in [6, 6.07) is 16.1. The Bertz CT molecular complexity index is 931. The van der Waals surface area contributed by atoms with Crippen molar-refractivity contribution in [2.24, 2.45) is 0 Å². The van der Waals surface area contributed by atoms with Crippen LogP contribution in [0.1, 0.15) is 43.6 Å². The number of amides is 3. The van der Waals surface area contributed by atoms with Gasteiger partial charge >= 0.3 is 0 Å². The number of imide groups is 1. The second-order valence-electron chi connectivity index (χ2n) is 6.24. The molecule has 0 radical (unpaired) electrons. The van der Waals surface area contributed by atoms with E-state index >= 15 is 0 Å². The van der Waals surface area contributed by atoms with Crippen LogP contribution in [0.5, 0.6) is 0 Å². The van der Waals surface area contributed by atoms with Crippen LogP contribution in [-0.2, 0) is 6.42 Å². The third-order valence-corrected chi connectivity index (χ3v) is 4.62. The smallest absolute Gasteiger partial charge is 0.261 e. The molecule has 0 saturated heterocycles. The Kier molecular flexibility index (Phi) is 5.32. The molecular formula is C21H19N3O3. The minimum Gasteiger partial charge on any atom is -0.326 e. The van der Waals surface area contributed by atoms with Crippen LogP contribution in [0.2, 0.25) is 0 Å². The van der Waals surface area contributed by atoms with Gasteiger partial charge in [0.25, 0.3) is 17.7 Å². The number of nitriles is 1. The Labute approximate surface area is 157 Å². The topological polar surface area (TPSA) is 81.5 Å². The average Bonchev–Trinajstić information content (AvgIpc) is 2.94. The summed E-state index contributed by atoms with van der Waals surface area (Å²) in [5.41, 5.74) is 1.90. The molecular weight excluding hydrogens is 342 g/mol. The van der Waals surface area contributed by atoms with Crippen LogP contribution in [-0.4, -0.2) is 47.2 Å². The summed E-state index contributed by atoms with van der Waals surface area (Å²) in [7, 11) is 0. The highest BCUT2D eigenvalue weighted by Gasteiger charge is 2.35. The van der Waals surface area contributed by atoms with Gasteiger partial charge in [-0.05, 0) is 37.1 Å². The van der Waals surface area contributed by atoms with Crippen molar-refractivity contribution in [3.63, 3.8) is 0 Å². The van der Waals surface area contributed by atoms with E-state index in [0.717, 1.165) is 5.56 Å². The molecule has 0 saturated carbocycles. The molecule has 0 aliphatic carbocycles. The maximum absolute atomic E-state index is 12.7. The van der Waals surface area contributed by atoms with E-state index in [2.05, 4.69) is 0 Å². The molecule has 2 aromatic carbocycles. The van der Waals surface area contributed by atoms with Crippen LogP contribution in [0.3, 0.4) is 0 Å². The second kappa shape index (κ2) is 7.83. The maximum Gasteiger partial charge on any atom is 0.261 e. The monoisotopic (exact) mass is 361 g/mol. The zero-order chi connectivity index (χ0) is 19.4. The van der Waals surface area contributed by atoms with Crippen molar-refractivity contribution in [2.45, 2.75) is 13.3 Å². The second-order valence-corrected chi connectivity index (χ2v) is 6.24. The zero-order valence-corrected chi connectivity index (χ0v) is 15.0. The average molecular weight is 361 g/mol. The van der Waals surface area contributed by atoms with E-state index in [1.165, 1.54) is 28.0 Å². The Balaban J connectivity index is 1.80. The minimum absolute atomic E-state index is 0.0253. The summed E-state index contributed by atoms with van der Waals surface area (Å²) >= 11 is 0. The number of hydrogen-bond donors (Lipinski definition) is 0. The third-order valence-electron chi connectivity index (χ3n) is 4.62. The number of fused-ring (bicyclic) bond motifs is 1. The molecule has 1 aliphatic rings. The summed E-state index contributed by atoms with van der Waals surface area (Å²) in [5.74, 6) is -1.05. The van der Waals surface area contributed by atoms with Crippen molar-refractivity contribution >= 4 is 17.7 Å². The first-order valence-electron chi connectivity index (χ1n) is 8.77. The van der Waals surface area contributed by atoms with Crippen LogP contribution < -0.4 is 0 Å². The maximum atomic E-state index is 12.7. The number of nitrogens with zero attached hydrogens (tertiary/aromatic N) is 3. The summed E-state index contributed by atoms with van der Waals surface area (Å²) in [6.07, 6.45) is 0.573. The molecule has 3 rings (SSSR count). The predicted molar refractivity (Wildman–Crippen MR) is 99.1 cm³/mol. The van der Waals surface area contributed by atoms with Crippen molar-refractivity contribution in [3.05, 3.63) is 70.8 Å². The molecule has 6 heteroatoms. The fourth-order valence-corrected chi connectivity index (χ4v) is 3.11. The molecule has 3 amide bonds. The molecule has 0 N–H and O–H groups in total. The van der Waals surface area contributed by atoms with E-state index in [-0.39, 0.29) is 36.4 Å². The SMILES string of the molecule is CCN(CC#N)C(=O)c1ccc2c(c1)C(=O)N(CCc1ccccc1)C2=O. The highest BCUT2D eigenvalue weighted by atomic mass is 16.2. The van der Waals surface area contributed by atoms with Gasteiger partial charge < -0.3 is 4.90 Å². The quantitative estimate of drug-likeness (QED) is 0.585. The molecule has 1 aliphatic heterocycles. The van der Waals surface area contributed by atoms with Gasteiger partial charge in [0.2, 0.25) is 0 Å². The lowest BCUT2D eigenvalue weighted by atomic mass is 10.0. The van der Waals surface area contributed by atoms with Gasteiger partial charge in [-0.3, -0.25) is 19.3 Å². The molecule has 0 bridgehead atoms. The Hall–Kier alpha value is -3.46. The van der Waals surface area contributed by atoms with Gasteiger partial charge in [-0.1, -0.05) is 30.3 Å². The molecule has 0 aromatic heterocycles. The van der Waals surface area contributed by atoms with Crippen LogP contribution in [0.15, 0.2) is 48.5 Å². The molecule has 0 spiro atoms. The third kappa shape index (κ3) is 3.58. The van der Waals surface area contributed by atoms with Gasteiger partial charge in [0.15, 0.2) is 0 Å². The van der Waals surface area contributed by atoms with Crippen molar-refractivity contribution in [3.8, 4) is 6.07 Å². The van der Waals surface area contributed by atoms with Gasteiger partial charge in [0, 0.05) is 18.7 Å². The van der Waals surface area contributed by atoms with E-state index in [9.17, 15) is 14.4 Å². The van der Waals surface area contributed by atoms with E-state index in [4.69, 9.17) is 5.26 Å². The Morgan fingerprint density at radius 1 is 1.07 bits per heavy atom. The fraction of sp³-hybridized carbons (Fsp3) is 0.238. The first-order valence-corrected chi connectivity index (χ1v) is 8.77. The Morgan fingerprint density at radius 2 is 1.78 bits per heavy atom. The minimum atomic E-state index is -0.385. The lowest BCUT2D eigenvalue weighted by molar-refractivity contribution is 0.0655. The van der Waals surface area contributed by atoms with Crippen molar-refractivity contribution in [1.29, 1.82) is 5.26 Å². The van der Waals surface area contributed by atoms with Gasteiger partial charge in [-0.2, -0.15) is 5.26 Å².